The molecule has 0 aromatic carbocycles. The van der Waals surface area contributed by atoms with Crippen molar-refractivity contribution >= 4 is 11.9 Å². The van der Waals surface area contributed by atoms with E-state index >= 15 is 0 Å². The fourth-order valence-electron chi connectivity index (χ4n) is 2.55. The first-order chi connectivity index (χ1) is 8.69. The van der Waals surface area contributed by atoms with Gasteiger partial charge in [-0.2, -0.15) is 5.26 Å². The van der Waals surface area contributed by atoms with Crippen LogP contribution in [0.15, 0.2) is 0 Å². The summed E-state index contributed by atoms with van der Waals surface area (Å²) in [5, 5.41) is 14.4. The van der Waals surface area contributed by atoms with E-state index in [0.29, 0.717) is 32.4 Å². The van der Waals surface area contributed by atoms with Crippen LogP contribution in [0.2, 0.25) is 0 Å². The summed E-state index contributed by atoms with van der Waals surface area (Å²) in [6.07, 6.45) is 3.49. The number of hydrogen-bond acceptors (Lipinski definition) is 4. The van der Waals surface area contributed by atoms with Gasteiger partial charge in [0.15, 0.2) is 0 Å². The number of hydrogen-bond donors (Lipinski definition) is 2. The quantitative estimate of drug-likeness (QED) is 0.557. The van der Waals surface area contributed by atoms with Gasteiger partial charge in [0.1, 0.15) is 5.54 Å². The Hall–Kier alpha value is -1.61. The Balaban J connectivity index is 1.94. The van der Waals surface area contributed by atoms with Crippen LogP contribution in [0.4, 0.5) is 4.79 Å². The molecular weight excluding hydrogens is 232 g/mol. The number of piperidine rings is 1. The molecule has 3 amide bonds. The number of carbonyl (C=O) groups is 2. The van der Waals surface area contributed by atoms with Crippen molar-refractivity contribution in [3.8, 4) is 6.07 Å². The molecule has 1 atom stereocenters. The summed E-state index contributed by atoms with van der Waals surface area (Å²) < 4.78 is 0. The van der Waals surface area contributed by atoms with Crippen LogP contribution in [-0.4, -0.2) is 42.0 Å². The molecule has 0 bridgehead atoms. The van der Waals surface area contributed by atoms with Crippen molar-refractivity contribution in [3.63, 3.8) is 0 Å². The molecule has 0 aliphatic carbocycles. The number of nitriles is 1. The van der Waals surface area contributed by atoms with Gasteiger partial charge in [0, 0.05) is 19.5 Å². The molecule has 0 radical (unpaired) electrons. The Morgan fingerprint density at radius 1 is 1.39 bits per heavy atom. The van der Waals surface area contributed by atoms with Gasteiger partial charge in [-0.1, -0.05) is 0 Å². The average molecular weight is 250 g/mol. The lowest BCUT2D eigenvalue weighted by Gasteiger charge is -2.31. The minimum atomic E-state index is -0.718. The van der Waals surface area contributed by atoms with E-state index in [2.05, 4.69) is 16.7 Å². The summed E-state index contributed by atoms with van der Waals surface area (Å²) in [5.74, 6) is -0.114. The van der Waals surface area contributed by atoms with Crippen LogP contribution in [0.1, 0.15) is 32.1 Å². The van der Waals surface area contributed by atoms with Crippen molar-refractivity contribution < 1.29 is 9.59 Å². The number of amides is 3. The van der Waals surface area contributed by atoms with Crippen molar-refractivity contribution in [2.45, 2.75) is 37.6 Å². The van der Waals surface area contributed by atoms with Crippen molar-refractivity contribution in [2.75, 3.05) is 19.6 Å². The molecule has 0 saturated carbocycles. The molecule has 6 nitrogen and oxygen atoms in total. The zero-order chi connectivity index (χ0) is 13.0. The van der Waals surface area contributed by atoms with Gasteiger partial charge in [-0.3, -0.25) is 9.69 Å². The first-order valence-electron chi connectivity index (χ1n) is 6.41. The fourth-order valence-corrected chi connectivity index (χ4v) is 2.55. The van der Waals surface area contributed by atoms with Crippen LogP contribution in [0.25, 0.3) is 0 Å². The van der Waals surface area contributed by atoms with E-state index in [1.54, 1.807) is 0 Å². The van der Waals surface area contributed by atoms with Crippen LogP contribution in [0.5, 0.6) is 0 Å². The molecule has 2 saturated heterocycles. The van der Waals surface area contributed by atoms with Crippen LogP contribution in [0, 0.1) is 11.3 Å². The van der Waals surface area contributed by atoms with Gasteiger partial charge >= 0.3 is 6.03 Å². The third-order valence-corrected chi connectivity index (χ3v) is 3.55. The molecule has 0 aromatic heterocycles. The van der Waals surface area contributed by atoms with Crippen molar-refractivity contribution in [3.05, 3.63) is 0 Å². The number of imide groups is 1. The first kappa shape index (κ1) is 12.8. The molecule has 1 unspecified atom stereocenters. The van der Waals surface area contributed by atoms with Crippen LogP contribution < -0.4 is 10.6 Å². The largest absolute Gasteiger partial charge is 0.325 e. The Morgan fingerprint density at radius 3 is 2.89 bits per heavy atom. The Kier molecular flexibility index (Phi) is 3.82. The summed E-state index contributed by atoms with van der Waals surface area (Å²) in [5.41, 5.74) is -0.718. The second kappa shape index (κ2) is 5.36. The summed E-state index contributed by atoms with van der Waals surface area (Å²) in [4.78, 5) is 25.4. The number of nitrogens with one attached hydrogen (secondary N) is 2. The number of nitrogens with zero attached hydrogens (tertiary/aromatic N) is 2. The van der Waals surface area contributed by atoms with Gasteiger partial charge < -0.3 is 10.6 Å². The monoisotopic (exact) mass is 250 g/mol. The highest BCUT2D eigenvalue weighted by molar-refractivity contribution is 6.07. The number of urea groups is 1. The van der Waals surface area contributed by atoms with Crippen molar-refractivity contribution in [1.29, 1.82) is 5.26 Å². The second-order valence-electron chi connectivity index (χ2n) is 4.86. The van der Waals surface area contributed by atoms with Gasteiger partial charge in [-0.05, 0) is 32.2 Å². The molecule has 2 N–H and O–H groups in total. The number of carbonyl (C=O) groups excluding carboxylic acids is 2. The lowest BCUT2D eigenvalue weighted by molar-refractivity contribution is -0.131. The normalized spacial score (nSPS) is 27.4. The van der Waals surface area contributed by atoms with Crippen LogP contribution >= 0.6 is 0 Å². The molecule has 18 heavy (non-hydrogen) atoms. The maximum atomic E-state index is 12.3. The maximum Gasteiger partial charge on any atom is 0.325 e. The van der Waals surface area contributed by atoms with Gasteiger partial charge in [0.2, 0.25) is 0 Å². The lowest BCUT2D eigenvalue weighted by atomic mass is 9.90. The van der Waals surface area contributed by atoms with E-state index in [4.69, 9.17) is 5.26 Å². The zero-order valence-corrected chi connectivity index (χ0v) is 10.4. The van der Waals surface area contributed by atoms with E-state index < -0.39 is 5.54 Å². The van der Waals surface area contributed by atoms with E-state index in [1.165, 1.54) is 4.90 Å². The number of unbranched alkanes of at least 4 members (excludes halogenated alkanes) is 2. The molecule has 0 aromatic rings. The summed E-state index contributed by atoms with van der Waals surface area (Å²) in [6, 6.07) is 1.77. The molecule has 2 heterocycles. The molecule has 2 aliphatic rings. The van der Waals surface area contributed by atoms with E-state index in [9.17, 15) is 9.59 Å². The molecule has 2 aliphatic heterocycles. The molecule has 2 rings (SSSR count). The van der Waals surface area contributed by atoms with Crippen LogP contribution in [-0.2, 0) is 4.79 Å². The van der Waals surface area contributed by atoms with Crippen molar-refractivity contribution in [2.24, 2.45) is 0 Å². The standard InChI is InChI=1S/C12H18N4O2/c13-6-2-1-3-8-16-10(17)12(15-11(16)18)5-4-7-14-9-12/h14H,1-5,7-9H2,(H,15,18). The Labute approximate surface area is 106 Å². The predicted octanol–water partition coefficient (Wildman–Crippen LogP) is 0.354. The highest BCUT2D eigenvalue weighted by Crippen LogP contribution is 2.25. The van der Waals surface area contributed by atoms with E-state index in [-0.39, 0.29) is 11.9 Å². The number of rotatable bonds is 4. The average Bonchev–Trinajstić information content (AvgIpc) is 2.59. The summed E-state index contributed by atoms with van der Waals surface area (Å²) in [7, 11) is 0. The summed E-state index contributed by atoms with van der Waals surface area (Å²) >= 11 is 0. The zero-order valence-electron chi connectivity index (χ0n) is 10.4. The molecule has 1 spiro atoms. The van der Waals surface area contributed by atoms with Gasteiger partial charge in [-0.15, -0.1) is 0 Å². The summed E-state index contributed by atoms with van der Waals surface area (Å²) in [6.45, 7) is 1.83. The predicted molar refractivity (Wildman–Crippen MR) is 64.5 cm³/mol. The molecule has 6 heteroatoms. The Morgan fingerprint density at radius 2 is 2.22 bits per heavy atom. The van der Waals surface area contributed by atoms with Gasteiger partial charge in [0.25, 0.3) is 5.91 Å². The van der Waals surface area contributed by atoms with E-state index in [1.807, 2.05) is 0 Å². The third-order valence-electron chi connectivity index (χ3n) is 3.55. The Bertz CT molecular complexity index is 382. The highest BCUT2D eigenvalue weighted by Gasteiger charge is 2.51. The second-order valence-corrected chi connectivity index (χ2v) is 4.86. The molecule has 2 fully saturated rings. The van der Waals surface area contributed by atoms with Crippen molar-refractivity contribution in [1.82, 2.24) is 15.5 Å². The smallest absolute Gasteiger partial charge is 0.322 e. The van der Waals surface area contributed by atoms with Crippen LogP contribution in [0.3, 0.4) is 0 Å². The fraction of sp³-hybridized carbons (Fsp3) is 0.750. The maximum absolute atomic E-state index is 12.3. The first-order valence-corrected chi connectivity index (χ1v) is 6.41. The molecular formula is C12H18N4O2. The van der Waals surface area contributed by atoms with Gasteiger partial charge in [-0.25, -0.2) is 4.79 Å². The third kappa shape index (κ3) is 2.31. The highest BCUT2D eigenvalue weighted by atomic mass is 16.2. The minimum Gasteiger partial charge on any atom is -0.322 e. The van der Waals surface area contributed by atoms with E-state index in [0.717, 1.165) is 19.4 Å². The minimum absolute atomic E-state index is 0.114. The van der Waals surface area contributed by atoms with Gasteiger partial charge in [0.05, 0.1) is 6.07 Å². The topological polar surface area (TPSA) is 85.2 Å². The SMILES string of the molecule is N#CCCCCN1C(=O)NC2(CCCNC2)C1=O. The lowest BCUT2D eigenvalue weighted by Crippen LogP contribution is -2.57. The molecule has 98 valence electrons.